The summed E-state index contributed by atoms with van der Waals surface area (Å²) in [6.07, 6.45) is 2.64. The monoisotopic (exact) mass is 307 g/mol. The first-order chi connectivity index (χ1) is 11.1. The third kappa shape index (κ3) is 4.65. The zero-order valence-electron chi connectivity index (χ0n) is 13.6. The summed E-state index contributed by atoms with van der Waals surface area (Å²) in [5.41, 5.74) is 2.42. The van der Waals surface area contributed by atoms with Gasteiger partial charge in [-0.05, 0) is 35.6 Å². The molecule has 118 valence electrons. The highest BCUT2D eigenvalue weighted by molar-refractivity contribution is 5.92. The van der Waals surface area contributed by atoms with Gasteiger partial charge in [0.25, 0.3) is 0 Å². The lowest BCUT2D eigenvalue weighted by Crippen LogP contribution is -2.32. The average Bonchev–Trinajstić information content (AvgIpc) is 2.58. The SMILES string of the molecule is CC(C)c1ccc(CCC(=O)N(CC#N)c2ccccn2)cc1. The van der Waals surface area contributed by atoms with Crippen molar-refractivity contribution in [1.29, 1.82) is 5.26 Å². The lowest BCUT2D eigenvalue weighted by molar-refractivity contribution is -0.118. The van der Waals surface area contributed by atoms with Crippen molar-refractivity contribution in [3.8, 4) is 6.07 Å². The smallest absolute Gasteiger partial charge is 0.229 e. The number of benzene rings is 1. The van der Waals surface area contributed by atoms with Crippen LogP contribution in [0.3, 0.4) is 0 Å². The van der Waals surface area contributed by atoms with E-state index in [1.54, 1.807) is 18.3 Å². The van der Waals surface area contributed by atoms with Crippen molar-refractivity contribution < 1.29 is 4.79 Å². The quantitative estimate of drug-likeness (QED) is 0.765. The van der Waals surface area contributed by atoms with Crippen LogP contribution in [-0.2, 0) is 11.2 Å². The van der Waals surface area contributed by atoms with E-state index in [0.29, 0.717) is 24.6 Å². The number of aromatic nitrogens is 1. The van der Waals surface area contributed by atoms with Gasteiger partial charge in [-0.25, -0.2) is 4.98 Å². The maximum Gasteiger partial charge on any atom is 0.229 e. The molecule has 0 saturated carbocycles. The molecule has 4 heteroatoms. The molecule has 0 atom stereocenters. The van der Waals surface area contributed by atoms with E-state index in [0.717, 1.165) is 5.56 Å². The number of aryl methyl sites for hydroxylation is 1. The average molecular weight is 307 g/mol. The Morgan fingerprint density at radius 3 is 2.52 bits per heavy atom. The molecular weight excluding hydrogens is 286 g/mol. The van der Waals surface area contributed by atoms with E-state index < -0.39 is 0 Å². The van der Waals surface area contributed by atoms with E-state index >= 15 is 0 Å². The van der Waals surface area contributed by atoms with Gasteiger partial charge in [-0.1, -0.05) is 44.2 Å². The van der Waals surface area contributed by atoms with Crippen LogP contribution in [0.2, 0.25) is 0 Å². The number of anilines is 1. The molecule has 0 bridgehead atoms. The molecule has 0 radical (unpaired) electrons. The second-order valence-corrected chi connectivity index (χ2v) is 5.72. The first-order valence-electron chi connectivity index (χ1n) is 7.79. The largest absolute Gasteiger partial charge is 0.283 e. The van der Waals surface area contributed by atoms with Crippen LogP contribution in [0.4, 0.5) is 5.82 Å². The molecule has 0 aliphatic heterocycles. The van der Waals surface area contributed by atoms with Crippen molar-refractivity contribution in [2.75, 3.05) is 11.4 Å². The molecule has 0 N–H and O–H groups in total. The first kappa shape index (κ1) is 16.7. The van der Waals surface area contributed by atoms with Gasteiger partial charge in [0.2, 0.25) is 5.91 Å². The van der Waals surface area contributed by atoms with Crippen molar-refractivity contribution in [3.63, 3.8) is 0 Å². The Balaban J connectivity index is 2.00. The third-order valence-electron chi connectivity index (χ3n) is 3.73. The third-order valence-corrected chi connectivity index (χ3v) is 3.73. The Morgan fingerprint density at radius 2 is 1.96 bits per heavy atom. The first-order valence-corrected chi connectivity index (χ1v) is 7.79. The summed E-state index contributed by atoms with van der Waals surface area (Å²) in [6, 6.07) is 15.7. The van der Waals surface area contributed by atoms with Crippen molar-refractivity contribution in [1.82, 2.24) is 4.98 Å². The van der Waals surface area contributed by atoms with Crippen LogP contribution in [0, 0.1) is 11.3 Å². The Labute approximate surface area is 137 Å². The Morgan fingerprint density at radius 1 is 1.22 bits per heavy atom. The normalized spacial score (nSPS) is 10.3. The zero-order chi connectivity index (χ0) is 16.7. The topological polar surface area (TPSA) is 57.0 Å². The summed E-state index contributed by atoms with van der Waals surface area (Å²) in [4.78, 5) is 18.0. The minimum atomic E-state index is -0.0850. The number of carbonyl (C=O) groups is 1. The van der Waals surface area contributed by atoms with Crippen LogP contribution in [0.25, 0.3) is 0 Å². The number of nitriles is 1. The second kappa shape index (κ2) is 8.09. The molecular formula is C19H21N3O. The van der Waals surface area contributed by atoms with Crippen molar-refractivity contribution in [2.45, 2.75) is 32.6 Å². The molecule has 1 aromatic heterocycles. The number of amides is 1. The predicted octanol–water partition coefficient (Wildman–Crippen LogP) is 3.69. The molecule has 4 nitrogen and oxygen atoms in total. The lowest BCUT2D eigenvalue weighted by atomic mass is 10.0. The van der Waals surface area contributed by atoms with Crippen LogP contribution in [-0.4, -0.2) is 17.4 Å². The minimum absolute atomic E-state index is 0.0160. The van der Waals surface area contributed by atoms with Gasteiger partial charge in [0.05, 0.1) is 6.07 Å². The van der Waals surface area contributed by atoms with Gasteiger partial charge in [-0.2, -0.15) is 5.26 Å². The molecule has 0 unspecified atom stereocenters. The van der Waals surface area contributed by atoms with Gasteiger partial charge in [0.15, 0.2) is 0 Å². The van der Waals surface area contributed by atoms with E-state index in [1.165, 1.54) is 10.5 Å². The van der Waals surface area contributed by atoms with Crippen molar-refractivity contribution in [3.05, 3.63) is 59.8 Å². The fourth-order valence-electron chi connectivity index (χ4n) is 2.34. The fourth-order valence-corrected chi connectivity index (χ4v) is 2.34. The molecule has 0 aliphatic rings. The van der Waals surface area contributed by atoms with Gasteiger partial charge in [-0.3, -0.25) is 9.69 Å². The van der Waals surface area contributed by atoms with E-state index in [-0.39, 0.29) is 12.5 Å². The molecule has 2 rings (SSSR count). The summed E-state index contributed by atoms with van der Waals surface area (Å²) < 4.78 is 0. The number of rotatable bonds is 6. The minimum Gasteiger partial charge on any atom is -0.283 e. The maximum atomic E-state index is 12.4. The van der Waals surface area contributed by atoms with Crippen molar-refractivity contribution in [2.24, 2.45) is 0 Å². The molecule has 1 aromatic carbocycles. The summed E-state index contributed by atoms with van der Waals surface area (Å²) in [5.74, 6) is 0.938. The molecule has 1 heterocycles. The van der Waals surface area contributed by atoms with Gasteiger partial charge < -0.3 is 0 Å². The van der Waals surface area contributed by atoms with E-state index in [1.807, 2.05) is 12.1 Å². The number of hydrogen-bond donors (Lipinski definition) is 0. The Kier molecular flexibility index (Phi) is 5.87. The number of hydrogen-bond acceptors (Lipinski definition) is 3. The zero-order valence-corrected chi connectivity index (χ0v) is 13.6. The molecule has 23 heavy (non-hydrogen) atoms. The van der Waals surface area contributed by atoms with E-state index in [2.05, 4.69) is 43.1 Å². The van der Waals surface area contributed by atoms with E-state index in [4.69, 9.17) is 5.26 Å². The van der Waals surface area contributed by atoms with Crippen LogP contribution in [0.15, 0.2) is 48.7 Å². The van der Waals surface area contributed by atoms with Gasteiger partial charge in [-0.15, -0.1) is 0 Å². The Bertz CT molecular complexity index is 672. The highest BCUT2D eigenvalue weighted by atomic mass is 16.2. The van der Waals surface area contributed by atoms with Crippen molar-refractivity contribution >= 4 is 11.7 Å². The number of carbonyl (C=O) groups excluding carboxylic acids is 1. The molecule has 0 aliphatic carbocycles. The molecule has 1 amide bonds. The second-order valence-electron chi connectivity index (χ2n) is 5.72. The molecule has 0 spiro atoms. The van der Waals surface area contributed by atoms with Crippen LogP contribution in [0.1, 0.15) is 37.3 Å². The molecule has 0 saturated heterocycles. The summed E-state index contributed by atoms with van der Waals surface area (Å²) >= 11 is 0. The molecule has 0 fully saturated rings. The standard InChI is InChI=1S/C19H21N3O/c1-15(2)17-9-6-16(7-10-17)8-11-19(23)22(14-12-20)18-5-3-4-13-21-18/h3-7,9-10,13,15H,8,11,14H2,1-2H3. The summed E-state index contributed by atoms with van der Waals surface area (Å²) in [5, 5.41) is 8.94. The van der Waals surface area contributed by atoms with E-state index in [9.17, 15) is 4.79 Å². The van der Waals surface area contributed by atoms with Crippen LogP contribution >= 0.6 is 0 Å². The fraction of sp³-hybridized carbons (Fsp3) is 0.316. The summed E-state index contributed by atoms with van der Waals surface area (Å²) in [7, 11) is 0. The van der Waals surface area contributed by atoms with Gasteiger partial charge >= 0.3 is 0 Å². The maximum absolute atomic E-state index is 12.4. The highest BCUT2D eigenvalue weighted by Crippen LogP contribution is 2.16. The van der Waals surface area contributed by atoms with Gasteiger partial charge in [0.1, 0.15) is 12.4 Å². The summed E-state index contributed by atoms with van der Waals surface area (Å²) in [6.45, 7) is 4.33. The molecule has 2 aromatic rings. The number of pyridine rings is 1. The van der Waals surface area contributed by atoms with Gasteiger partial charge in [0, 0.05) is 12.6 Å². The van der Waals surface area contributed by atoms with Crippen LogP contribution < -0.4 is 4.90 Å². The Hall–Kier alpha value is -2.67. The predicted molar refractivity (Wildman–Crippen MR) is 91.1 cm³/mol. The highest BCUT2D eigenvalue weighted by Gasteiger charge is 2.16. The number of nitrogens with zero attached hydrogens (tertiary/aromatic N) is 3. The van der Waals surface area contributed by atoms with Crippen LogP contribution in [0.5, 0.6) is 0 Å². The lowest BCUT2D eigenvalue weighted by Gasteiger charge is -2.18.